The Morgan fingerprint density at radius 1 is 1.16 bits per heavy atom. The summed E-state index contributed by atoms with van der Waals surface area (Å²) in [6.07, 6.45) is 1.13. The minimum absolute atomic E-state index is 0.0645. The van der Waals surface area contributed by atoms with Crippen molar-refractivity contribution in [2.75, 3.05) is 5.32 Å². The Morgan fingerprint density at radius 2 is 1.88 bits per heavy atom. The quantitative estimate of drug-likeness (QED) is 0.751. The molecule has 0 fully saturated rings. The molecule has 3 aromatic rings. The van der Waals surface area contributed by atoms with Crippen LogP contribution in [0.1, 0.15) is 5.56 Å². The van der Waals surface area contributed by atoms with E-state index in [1.54, 1.807) is 30.3 Å². The van der Waals surface area contributed by atoms with E-state index in [1.165, 1.54) is 24.4 Å². The summed E-state index contributed by atoms with van der Waals surface area (Å²) in [5.41, 5.74) is 0.522. The third kappa shape index (κ3) is 4.10. The first-order valence-electron chi connectivity index (χ1n) is 7.41. The van der Waals surface area contributed by atoms with E-state index in [4.69, 9.17) is 11.6 Å². The van der Waals surface area contributed by atoms with Crippen molar-refractivity contribution >= 4 is 23.2 Å². The van der Waals surface area contributed by atoms with Gasteiger partial charge in [-0.15, -0.1) is 0 Å². The molecule has 0 aliphatic rings. The van der Waals surface area contributed by atoms with Crippen molar-refractivity contribution in [3.63, 3.8) is 0 Å². The second-order valence-electron chi connectivity index (χ2n) is 5.30. The normalized spacial score (nSPS) is 10.5. The number of halogens is 2. The van der Waals surface area contributed by atoms with Crippen LogP contribution in [0.4, 0.5) is 10.1 Å². The first-order valence-corrected chi connectivity index (χ1v) is 7.79. The maximum atomic E-state index is 13.5. The predicted molar refractivity (Wildman–Crippen MR) is 94.0 cm³/mol. The van der Waals surface area contributed by atoms with Crippen LogP contribution in [0.3, 0.4) is 0 Å². The Balaban J connectivity index is 1.75. The lowest BCUT2D eigenvalue weighted by molar-refractivity contribution is -0.115. The number of aromatic amines is 1. The van der Waals surface area contributed by atoms with Gasteiger partial charge in [0.15, 0.2) is 0 Å². The van der Waals surface area contributed by atoms with E-state index in [0.29, 0.717) is 16.4 Å². The van der Waals surface area contributed by atoms with Crippen LogP contribution in [0.25, 0.3) is 11.4 Å². The zero-order valence-corrected chi connectivity index (χ0v) is 13.7. The lowest BCUT2D eigenvalue weighted by atomic mass is 10.2. The topological polar surface area (TPSA) is 74.8 Å². The molecule has 1 heterocycles. The zero-order chi connectivity index (χ0) is 17.8. The van der Waals surface area contributed by atoms with Gasteiger partial charge >= 0.3 is 0 Å². The molecule has 1 aromatic heterocycles. The largest absolute Gasteiger partial charge is 0.323 e. The summed E-state index contributed by atoms with van der Waals surface area (Å²) in [6, 6.07) is 12.6. The molecule has 0 saturated carbocycles. The number of anilines is 1. The van der Waals surface area contributed by atoms with Gasteiger partial charge in [0.05, 0.1) is 12.1 Å². The first-order chi connectivity index (χ1) is 12.0. The van der Waals surface area contributed by atoms with Crippen LogP contribution in [0.15, 0.2) is 59.5 Å². The number of rotatable bonds is 4. The highest BCUT2D eigenvalue weighted by Gasteiger charge is 2.11. The summed E-state index contributed by atoms with van der Waals surface area (Å²) in [7, 11) is 0. The van der Waals surface area contributed by atoms with Crippen molar-refractivity contribution in [1.29, 1.82) is 0 Å². The smallest absolute Gasteiger partial charge is 0.254 e. The Bertz CT molecular complexity index is 971. The molecular formula is C18H13ClFN3O2. The van der Waals surface area contributed by atoms with Gasteiger partial charge in [-0.3, -0.25) is 9.59 Å². The lowest BCUT2D eigenvalue weighted by Crippen LogP contribution is -2.22. The number of hydrogen-bond donors (Lipinski definition) is 2. The van der Waals surface area contributed by atoms with E-state index in [9.17, 15) is 14.0 Å². The summed E-state index contributed by atoms with van der Waals surface area (Å²) in [5.74, 6) is -0.669. The highest BCUT2D eigenvalue weighted by Crippen LogP contribution is 2.17. The van der Waals surface area contributed by atoms with Crippen molar-refractivity contribution in [2.45, 2.75) is 6.42 Å². The second-order valence-corrected chi connectivity index (χ2v) is 5.73. The van der Waals surface area contributed by atoms with Crippen LogP contribution in [0.5, 0.6) is 0 Å². The fourth-order valence-electron chi connectivity index (χ4n) is 2.23. The maximum absolute atomic E-state index is 13.5. The molecule has 5 nitrogen and oxygen atoms in total. The third-order valence-corrected chi connectivity index (χ3v) is 3.74. The van der Waals surface area contributed by atoms with Crippen LogP contribution in [0, 0.1) is 5.82 Å². The van der Waals surface area contributed by atoms with Gasteiger partial charge in [0, 0.05) is 22.3 Å². The molecule has 0 spiro atoms. The summed E-state index contributed by atoms with van der Waals surface area (Å²) in [6.45, 7) is 0. The number of carbonyl (C=O) groups excluding carboxylic acids is 1. The maximum Gasteiger partial charge on any atom is 0.254 e. The average Bonchev–Trinajstić information content (AvgIpc) is 2.59. The molecule has 25 heavy (non-hydrogen) atoms. The van der Waals surface area contributed by atoms with Crippen molar-refractivity contribution in [3.05, 3.63) is 81.5 Å². The molecule has 0 aliphatic carbocycles. The van der Waals surface area contributed by atoms with E-state index in [1.807, 2.05) is 0 Å². The molecule has 0 bridgehead atoms. The molecule has 1 amide bonds. The number of H-pyrrole nitrogens is 1. The summed E-state index contributed by atoms with van der Waals surface area (Å²) < 4.78 is 13.5. The number of amides is 1. The second kappa shape index (κ2) is 7.27. The van der Waals surface area contributed by atoms with Crippen molar-refractivity contribution < 1.29 is 9.18 Å². The van der Waals surface area contributed by atoms with E-state index in [2.05, 4.69) is 15.3 Å². The van der Waals surface area contributed by atoms with E-state index >= 15 is 0 Å². The Hall–Kier alpha value is -2.99. The van der Waals surface area contributed by atoms with Crippen LogP contribution < -0.4 is 10.9 Å². The molecule has 7 heteroatoms. The van der Waals surface area contributed by atoms with E-state index < -0.39 is 17.3 Å². The highest BCUT2D eigenvalue weighted by molar-refractivity contribution is 6.30. The van der Waals surface area contributed by atoms with Crippen LogP contribution in [-0.4, -0.2) is 15.9 Å². The predicted octanol–water partition coefficient (Wildman–Crippen LogP) is 3.41. The third-order valence-electron chi connectivity index (χ3n) is 3.49. The number of nitrogens with one attached hydrogen (secondary N) is 2. The molecule has 0 aliphatic heterocycles. The Morgan fingerprint density at radius 3 is 2.56 bits per heavy atom. The molecular weight excluding hydrogens is 345 g/mol. The molecule has 2 aromatic carbocycles. The number of hydrogen-bond acceptors (Lipinski definition) is 3. The van der Waals surface area contributed by atoms with Gasteiger partial charge in [0.2, 0.25) is 5.91 Å². The molecule has 0 saturated heterocycles. The molecule has 126 valence electrons. The molecule has 2 N–H and O–H groups in total. The van der Waals surface area contributed by atoms with Crippen molar-refractivity contribution in [1.82, 2.24) is 9.97 Å². The average molecular weight is 358 g/mol. The van der Waals surface area contributed by atoms with Gasteiger partial charge in [-0.05, 0) is 36.4 Å². The van der Waals surface area contributed by atoms with Crippen LogP contribution in [0.2, 0.25) is 5.02 Å². The fraction of sp³-hybridized carbons (Fsp3) is 0.0556. The van der Waals surface area contributed by atoms with Gasteiger partial charge in [-0.1, -0.05) is 23.7 Å². The van der Waals surface area contributed by atoms with E-state index in [0.717, 1.165) is 0 Å². The van der Waals surface area contributed by atoms with Crippen LogP contribution in [-0.2, 0) is 11.2 Å². The van der Waals surface area contributed by atoms with Gasteiger partial charge in [-0.25, -0.2) is 9.37 Å². The number of benzene rings is 2. The lowest BCUT2D eigenvalue weighted by Gasteiger charge is -2.06. The Labute approximate surface area is 147 Å². The molecule has 0 radical (unpaired) electrons. The number of carbonyl (C=O) groups is 1. The van der Waals surface area contributed by atoms with Gasteiger partial charge in [0.1, 0.15) is 11.6 Å². The number of nitrogens with zero attached hydrogens (tertiary/aromatic N) is 1. The molecule has 3 rings (SSSR count). The van der Waals surface area contributed by atoms with Gasteiger partial charge in [0.25, 0.3) is 5.56 Å². The molecule has 0 unspecified atom stereocenters. The minimum atomic E-state index is -0.541. The summed E-state index contributed by atoms with van der Waals surface area (Å²) in [4.78, 5) is 31.0. The number of para-hydroxylation sites is 1. The fourth-order valence-corrected chi connectivity index (χ4v) is 2.36. The highest BCUT2D eigenvalue weighted by atomic mass is 35.5. The Kier molecular flexibility index (Phi) is 4.90. The first kappa shape index (κ1) is 16.9. The van der Waals surface area contributed by atoms with Gasteiger partial charge < -0.3 is 10.3 Å². The zero-order valence-electron chi connectivity index (χ0n) is 12.9. The number of aromatic nitrogens is 2. The monoisotopic (exact) mass is 357 g/mol. The van der Waals surface area contributed by atoms with Crippen LogP contribution >= 0.6 is 11.6 Å². The molecule has 0 atom stereocenters. The standard InChI is InChI=1S/C18H13ClFN3O2/c19-13-7-5-11(6-8-13)17-21-10-12(18(25)23-17)9-16(24)22-15-4-2-1-3-14(15)20/h1-8,10H,9H2,(H,22,24)(H,21,23,25). The van der Waals surface area contributed by atoms with Crippen molar-refractivity contribution in [3.8, 4) is 11.4 Å². The van der Waals surface area contributed by atoms with E-state index in [-0.39, 0.29) is 17.7 Å². The van der Waals surface area contributed by atoms with Crippen molar-refractivity contribution in [2.24, 2.45) is 0 Å². The van der Waals surface area contributed by atoms with Gasteiger partial charge in [-0.2, -0.15) is 0 Å². The minimum Gasteiger partial charge on any atom is -0.323 e. The SMILES string of the molecule is O=C(Cc1cnc(-c2ccc(Cl)cc2)[nH]c1=O)Nc1ccccc1F. The summed E-state index contributed by atoms with van der Waals surface area (Å²) >= 11 is 5.83. The summed E-state index contributed by atoms with van der Waals surface area (Å²) in [5, 5.41) is 3.01.